The van der Waals surface area contributed by atoms with Crippen LogP contribution in [0.25, 0.3) is 0 Å². The Labute approximate surface area is 126 Å². The molecule has 0 aliphatic heterocycles. The van der Waals surface area contributed by atoms with E-state index in [2.05, 4.69) is 35.4 Å². The highest BCUT2D eigenvalue weighted by Gasteiger charge is 2.20. The molecule has 1 N–H and O–H groups in total. The predicted octanol–water partition coefficient (Wildman–Crippen LogP) is 3.26. The number of nitrogens with one attached hydrogen (secondary N) is 1. The molecule has 0 spiro atoms. The molecular formula is C18H22N2O. The number of ether oxygens (including phenoxy) is 1. The molecule has 3 rings (SSSR count). The Hall–Kier alpha value is -1.87. The second-order valence-electron chi connectivity index (χ2n) is 5.64. The van der Waals surface area contributed by atoms with Crippen LogP contribution < -0.4 is 10.1 Å². The summed E-state index contributed by atoms with van der Waals surface area (Å²) in [5, 5.41) is 3.56. The van der Waals surface area contributed by atoms with Gasteiger partial charge in [-0.1, -0.05) is 24.3 Å². The molecule has 0 radical (unpaired) electrons. The molecule has 21 heavy (non-hydrogen) atoms. The molecule has 3 nitrogen and oxygen atoms in total. The number of nitrogens with zero attached hydrogens (tertiary/aromatic N) is 1. The average Bonchev–Trinajstić information content (AvgIpc) is 3.33. The molecule has 1 aromatic heterocycles. The summed E-state index contributed by atoms with van der Waals surface area (Å²) in [4.78, 5) is 4.33. The van der Waals surface area contributed by atoms with Gasteiger partial charge in [0.05, 0.1) is 6.61 Å². The van der Waals surface area contributed by atoms with E-state index < -0.39 is 0 Å². The quantitative estimate of drug-likeness (QED) is 0.846. The van der Waals surface area contributed by atoms with E-state index in [1.54, 1.807) is 0 Å². The third kappa shape index (κ3) is 4.05. The van der Waals surface area contributed by atoms with Gasteiger partial charge in [-0.2, -0.15) is 0 Å². The van der Waals surface area contributed by atoms with Crippen LogP contribution in [0.1, 0.15) is 29.7 Å². The van der Waals surface area contributed by atoms with E-state index in [9.17, 15) is 0 Å². The highest BCUT2D eigenvalue weighted by molar-refractivity contribution is 5.40. The lowest BCUT2D eigenvalue weighted by Gasteiger charge is -2.14. The fraction of sp³-hybridized carbons (Fsp3) is 0.389. The number of rotatable bonds is 7. The normalized spacial score (nSPS) is 14.1. The van der Waals surface area contributed by atoms with E-state index in [0.29, 0.717) is 12.6 Å². The van der Waals surface area contributed by atoms with Crippen molar-refractivity contribution in [1.29, 1.82) is 0 Å². The van der Waals surface area contributed by atoms with Crippen molar-refractivity contribution in [2.24, 2.45) is 0 Å². The summed E-state index contributed by atoms with van der Waals surface area (Å²) in [5.41, 5.74) is 3.53. The molecule has 3 heteroatoms. The Balaban J connectivity index is 1.60. The molecule has 0 saturated heterocycles. The lowest BCUT2D eigenvalue weighted by molar-refractivity contribution is 0.314. The average molecular weight is 282 g/mol. The minimum Gasteiger partial charge on any atom is -0.493 e. The van der Waals surface area contributed by atoms with E-state index in [0.717, 1.165) is 24.4 Å². The van der Waals surface area contributed by atoms with Gasteiger partial charge in [0.2, 0.25) is 0 Å². The van der Waals surface area contributed by atoms with Gasteiger partial charge in [-0.15, -0.1) is 0 Å². The van der Waals surface area contributed by atoms with Crippen molar-refractivity contribution in [3.05, 3.63) is 59.4 Å². The maximum absolute atomic E-state index is 6.04. The lowest BCUT2D eigenvalue weighted by atomic mass is 10.1. The molecule has 0 unspecified atom stereocenters. The minimum atomic E-state index is 0.665. The fourth-order valence-corrected chi connectivity index (χ4v) is 2.40. The first-order valence-electron chi connectivity index (χ1n) is 7.67. The Morgan fingerprint density at radius 1 is 1.19 bits per heavy atom. The number of benzene rings is 1. The van der Waals surface area contributed by atoms with Crippen molar-refractivity contribution in [1.82, 2.24) is 10.3 Å². The number of pyridine rings is 1. The largest absolute Gasteiger partial charge is 0.493 e. The molecule has 1 fully saturated rings. The van der Waals surface area contributed by atoms with Crippen LogP contribution in [0.3, 0.4) is 0 Å². The Morgan fingerprint density at radius 3 is 2.86 bits per heavy atom. The van der Waals surface area contributed by atoms with Crippen LogP contribution >= 0.6 is 0 Å². The van der Waals surface area contributed by atoms with Gasteiger partial charge in [0.15, 0.2) is 0 Å². The van der Waals surface area contributed by atoms with Gasteiger partial charge in [0, 0.05) is 36.5 Å². The third-order valence-electron chi connectivity index (χ3n) is 3.78. The standard InChI is InChI=1S/C18H22N2O/c1-14-5-4-6-15(13-20-17-8-9-17)18(14)21-12-10-16-7-2-3-11-19-16/h2-7,11,17,20H,8-10,12-13H2,1H3. The van der Waals surface area contributed by atoms with Gasteiger partial charge in [0.25, 0.3) is 0 Å². The minimum absolute atomic E-state index is 0.665. The second kappa shape index (κ2) is 6.72. The van der Waals surface area contributed by atoms with Gasteiger partial charge in [0.1, 0.15) is 5.75 Å². The zero-order valence-corrected chi connectivity index (χ0v) is 12.5. The van der Waals surface area contributed by atoms with Gasteiger partial charge in [-0.05, 0) is 37.5 Å². The Morgan fingerprint density at radius 2 is 2.10 bits per heavy atom. The number of hydrogen-bond acceptors (Lipinski definition) is 3. The Kier molecular flexibility index (Phi) is 4.51. The van der Waals surface area contributed by atoms with E-state index in [1.807, 2.05) is 24.4 Å². The monoisotopic (exact) mass is 282 g/mol. The maximum atomic E-state index is 6.04. The molecule has 1 aromatic carbocycles. The number of hydrogen-bond donors (Lipinski definition) is 1. The summed E-state index contributed by atoms with van der Waals surface area (Å²) in [6.45, 7) is 3.67. The van der Waals surface area contributed by atoms with Crippen molar-refractivity contribution in [2.45, 2.75) is 38.8 Å². The summed E-state index contributed by atoms with van der Waals surface area (Å²) in [5.74, 6) is 1.03. The van der Waals surface area contributed by atoms with Crippen LogP contribution in [0.2, 0.25) is 0 Å². The van der Waals surface area contributed by atoms with Crippen molar-refractivity contribution in [2.75, 3.05) is 6.61 Å². The number of aromatic nitrogens is 1. The summed E-state index contributed by atoms with van der Waals surface area (Å²) in [7, 11) is 0. The highest BCUT2D eigenvalue weighted by Crippen LogP contribution is 2.25. The zero-order chi connectivity index (χ0) is 14.5. The summed E-state index contributed by atoms with van der Waals surface area (Å²) < 4.78 is 6.04. The van der Waals surface area contributed by atoms with Crippen molar-refractivity contribution in [3.8, 4) is 5.75 Å². The van der Waals surface area contributed by atoms with Crippen molar-refractivity contribution < 1.29 is 4.74 Å². The number of para-hydroxylation sites is 1. The second-order valence-corrected chi connectivity index (χ2v) is 5.64. The molecule has 1 aliphatic rings. The first-order valence-corrected chi connectivity index (χ1v) is 7.67. The first kappa shape index (κ1) is 14.1. The number of aryl methyl sites for hydroxylation is 1. The molecular weight excluding hydrogens is 260 g/mol. The van der Waals surface area contributed by atoms with Crippen LogP contribution in [0.4, 0.5) is 0 Å². The summed E-state index contributed by atoms with van der Waals surface area (Å²) in [6, 6.07) is 13.1. The van der Waals surface area contributed by atoms with Gasteiger partial charge < -0.3 is 10.1 Å². The Bertz CT molecular complexity index is 579. The smallest absolute Gasteiger partial charge is 0.126 e. The molecule has 2 aromatic rings. The predicted molar refractivity (Wildman–Crippen MR) is 84.5 cm³/mol. The van der Waals surface area contributed by atoms with Crippen LogP contribution in [-0.4, -0.2) is 17.6 Å². The van der Waals surface area contributed by atoms with E-state index in [1.165, 1.54) is 24.0 Å². The van der Waals surface area contributed by atoms with Gasteiger partial charge >= 0.3 is 0 Å². The van der Waals surface area contributed by atoms with Crippen molar-refractivity contribution >= 4 is 0 Å². The lowest BCUT2D eigenvalue weighted by Crippen LogP contribution is -2.16. The molecule has 1 heterocycles. The highest BCUT2D eigenvalue weighted by atomic mass is 16.5. The van der Waals surface area contributed by atoms with E-state index in [-0.39, 0.29) is 0 Å². The van der Waals surface area contributed by atoms with Crippen LogP contribution in [0.5, 0.6) is 5.75 Å². The van der Waals surface area contributed by atoms with Gasteiger partial charge in [-0.25, -0.2) is 0 Å². The van der Waals surface area contributed by atoms with Crippen LogP contribution in [0.15, 0.2) is 42.6 Å². The molecule has 0 amide bonds. The summed E-state index contributed by atoms with van der Waals surface area (Å²) >= 11 is 0. The molecule has 110 valence electrons. The molecule has 0 bridgehead atoms. The van der Waals surface area contributed by atoms with E-state index >= 15 is 0 Å². The molecule has 1 saturated carbocycles. The maximum Gasteiger partial charge on any atom is 0.126 e. The third-order valence-corrected chi connectivity index (χ3v) is 3.78. The molecule has 0 atom stereocenters. The molecule has 1 aliphatic carbocycles. The zero-order valence-electron chi connectivity index (χ0n) is 12.5. The fourth-order valence-electron chi connectivity index (χ4n) is 2.40. The first-order chi connectivity index (χ1) is 10.3. The summed E-state index contributed by atoms with van der Waals surface area (Å²) in [6.07, 6.45) is 5.28. The van der Waals surface area contributed by atoms with Crippen LogP contribution in [0, 0.1) is 6.92 Å². The topological polar surface area (TPSA) is 34.1 Å². The van der Waals surface area contributed by atoms with E-state index in [4.69, 9.17) is 4.74 Å². The van der Waals surface area contributed by atoms with Crippen LogP contribution in [-0.2, 0) is 13.0 Å². The van der Waals surface area contributed by atoms with Crippen molar-refractivity contribution in [3.63, 3.8) is 0 Å². The SMILES string of the molecule is Cc1cccc(CNC2CC2)c1OCCc1ccccn1. The van der Waals surface area contributed by atoms with Gasteiger partial charge in [-0.3, -0.25) is 4.98 Å².